The molecule has 2 nitrogen and oxygen atoms in total. The van der Waals surface area contributed by atoms with E-state index < -0.39 is 5.60 Å². The van der Waals surface area contributed by atoms with E-state index in [2.05, 4.69) is 35.0 Å². The Labute approximate surface area is 110 Å². The maximum Gasteiger partial charge on any atom is 0.0752 e. The van der Waals surface area contributed by atoms with E-state index in [0.29, 0.717) is 18.2 Å². The van der Waals surface area contributed by atoms with Crippen LogP contribution in [-0.4, -0.2) is 22.5 Å². The molecule has 16 heavy (non-hydrogen) atoms. The minimum Gasteiger partial charge on any atom is -0.389 e. The van der Waals surface area contributed by atoms with Crippen molar-refractivity contribution in [1.29, 1.82) is 0 Å². The van der Waals surface area contributed by atoms with Crippen LogP contribution in [0.5, 0.6) is 0 Å². The van der Waals surface area contributed by atoms with E-state index in [-0.39, 0.29) is 0 Å². The summed E-state index contributed by atoms with van der Waals surface area (Å²) >= 11 is 5.20. The molecule has 0 amide bonds. The van der Waals surface area contributed by atoms with Crippen LogP contribution in [0.25, 0.3) is 0 Å². The van der Waals surface area contributed by atoms with Gasteiger partial charge in [0, 0.05) is 21.2 Å². The van der Waals surface area contributed by atoms with Crippen molar-refractivity contribution in [3.63, 3.8) is 0 Å². The molecular formula is C12H18BrNOS. The average Bonchev–Trinajstić information content (AvgIpc) is 2.16. The van der Waals surface area contributed by atoms with Crippen LogP contribution in [0.3, 0.4) is 0 Å². The predicted octanol–water partition coefficient (Wildman–Crippen LogP) is 3.03. The van der Waals surface area contributed by atoms with E-state index in [4.69, 9.17) is 5.73 Å². The highest BCUT2D eigenvalue weighted by atomic mass is 79.9. The molecule has 0 aromatic heterocycles. The van der Waals surface area contributed by atoms with Gasteiger partial charge in [-0.25, -0.2) is 0 Å². The van der Waals surface area contributed by atoms with Gasteiger partial charge in [0.1, 0.15) is 0 Å². The Balaban J connectivity index is 2.55. The second-order valence-electron chi connectivity index (χ2n) is 4.29. The van der Waals surface area contributed by atoms with Gasteiger partial charge in [-0.2, -0.15) is 0 Å². The second-order valence-corrected chi connectivity index (χ2v) is 6.72. The molecule has 0 spiro atoms. The minimum atomic E-state index is -0.765. The summed E-state index contributed by atoms with van der Waals surface area (Å²) in [5.74, 6) is 0. The summed E-state index contributed by atoms with van der Waals surface area (Å²) < 4.78 is 1.08. The fraction of sp³-hybridized carbons (Fsp3) is 0.500. The number of benzene rings is 1. The van der Waals surface area contributed by atoms with Crippen molar-refractivity contribution < 1.29 is 5.11 Å². The van der Waals surface area contributed by atoms with Gasteiger partial charge in [0.25, 0.3) is 0 Å². The Kier molecular flexibility index (Phi) is 5.31. The van der Waals surface area contributed by atoms with E-state index in [1.54, 1.807) is 18.7 Å². The quantitative estimate of drug-likeness (QED) is 0.822. The summed E-state index contributed by atoms with van der Waals surface area (Å²) in [6, 6.07) is 8.17. The lowest BCUT2D eigenvalue weighted by atomic mass is 10.0. The molecule has 0 aliphatic heterocycles. The third kappa shape index (κ3) is 4.87. The third-order valence-electron chi connectivity index (χ3n) is 2.30. The molecule has 90 valence electrons. The molecule has 0 bridgehead atoms. The number of aliphatic hydroxyl groups is 1. The molecule has 3 N–H and O–H groups in total. The molecule has 2 atom stereocenters. The highest BCUT2D eigenvalue weighted by Crippen LogP contribution is 2.29. The van der Waals surface area contributed by atoms with Crippen LogP contribution >= 0.6 is 27.7 Å². The molecular weight excluding hydrogens is 286 g/mol. The first-order valence-electron chi connectivity index (χ1n) is 5.27. The van der Waals surface area contributed by atoms with Crippen LogP contribution in [0.1, 0.15) is 20.3 Å². The van der Waals surface area contributed by atoms with E-state index in [9.17, 15) is 5.11 Å². The molecule has 0 aliphatic carbocycles. The van der Waals surface area contributed by atoms with Gasteiger partial charge in [-0.15, -0.1) is 11.8 Å². The molecule has 0 heterocycles. The Morgan fingerprint density at radius 1 is 1.56 bits per heavy atom. The van der Waals surface area contributed by atoms with Crippen LogP contribution in [-0.2, 0) is 0 Å². The normalized spacial score (nSPS) is 16.8. The maximum absolute atomic E-state index is 9.88. The van der Waals surface area contributed by atoms with Gasteiger partial charge < -0.3 is 10.8 Å². The largest absolute Gasteiger partial charge is 0.389 e. The van der Waals surface area contributed by atoms with Crippen molar-refractivity contribution in [2.45, 2.75) is 36.0 Å². The van der Waals surface area contributed by atoms with Gasteiger partial charge in [0.05, 0.1) is 5.60 Å². The van der Waals surface area contributed by atoms with Crippen molar-refractivity contribution in [1.82, 2.24) is 0 Å². The lowest BCUT2D eigenvalue weighted by Gasteiger charge is -2.24. The molecule has 1 aromatic rings. The zero-order valence-electron chi connectivity index (χ0n) is 9.61. The average molecular weight is 304 g/mol. The number of rotatable bonds is 5. The number of hydrogen-bond donors (Lipinski definition) is 2. The molecule has 0 aliphatic rings. The van der Waals surface area contributed by atoms with Crippen molar-refractivity contribution in [3.8, 4) is 0 Å². The smallest absolute Gasteiger partial charge is 0.0752 e. The molecule has 1 aromatic carbocycles. The van der Waals surface area contributed by atoms with Crippen LogP contribution in [0, 0.1) is 0 Å². The zero-order chi connectivity index (χ0) is 12.2. The molecule has 4 heteroatoms. The SMILES string of the molecule is CC(CC(C)(O)CN)Sc1cccc(Br)c1. The topological polar surface area (TPSA) is 46.2 Å². The van der Waals surface area contributed by atoms with E-state index in [1.807, 2.05) is 12.1 Å². The molecule has 0 radical (unpaired) electrons. The lowest BCUT2D eigenvalue weighted by Crippen LogP contribution is -2.36. The van der Waals surface area contributed by atoms with Crippen molar-refractivity contribution in [2.24, 2.45) is 5.73 Å². The predicted molar refractivity (Wildman–Crippen MR) is 73.8 cm³/mol. The monoisotopic (exact) mass is 303 g/mol. The summed E-state index contributed by atoms with van der Waals surface area (Å²) in [4.78, 5) is 1.20. The fourth-order valence-electron chi connectivity index (χ4n) is 1.52. The highest BCUT2D eigenvalue weighted by Gasteiger charge is 2.21. The maximum atomic E-state index is 9.88. The number of nitrogens with two attached hydrogens (primary N) is 1. The van der Waals surface area contributed by atoms with Gasteiger partial charge in [-0.3, -0.25) is 0 Å². The highest BCUT2D eigenvalue weighted by molar-refractivity contribution is 9.10. The van der Waals surface area contributed by atoms with Crippen LogP contribution in [0.15, 0.2) is 33.6 Å². The Morgan fingerprint density at radius 2 is 2.25 bits per heavy atom. The van der Waals surface area contributed by atoms with Crippen molar-refractivity contribution in [2.75, 3.05) is 6.54 Å². The van der Waals surface area contributed by atoms with E-state index >= 15 is 0 Å². The Hall–Kier alpha value is -0.0300. The molecule has 0 fully saturated rings. The zero-order valence-corrected chi connectivity index (χ0v) is 12.0. The first kappa shape index (κ1) is 14.0. The molecule has 0 saturated heterocycles. The van der Waals surface area contributed by atoms with Gasteiger partial charge in [0.2, 0.25) is 0 Å². The van der Waals surface area contributed by atoms with Crippen LogP contribution < -0.4 is 5.73 Å². The lowest BCUT2D eigenvalue weighted by molar-refractivity contribution is 0.0608. The van der Waals surface area contributed by atoms with Crippen LogP contribution in [0.2, 0.25) is 0 Å². The summed E-state index contributed by atoms with van der Waals surface area (Å²) in [5, 5.41) is 10.2. The summed E-state index contributed by atoms with van der Waals surface area (Å²) in [6.07, 6.45) is 0.695. The van der Waals surface area contributed by atoms with Crippen molar-refractivity contribution >= 4 is 27.7 Å². The van der Waals surface area contributed by atoms with Gasteiger partial charge in [-0.05, 0) is 31.5 Å². The number of thioether (sulfide) groups is 1. The van der Waals surface area contributed by atoms with Crippen LogP contribution in [0.4, 0.5) is 0 Å². The Bertz CT molecular complexity index is 344. The molecule has 1 rings (SSSR count). The van der Waals surface area contributed by atoms with Crippen molar-refractivity contribution in [3.05, 3.63) is 28.7 Å². The van der Waals surface area contributed by atoms with Gasteiger partial charge in [0.15, 0.2) is 0 Å². The minimum absolute atomic E-state index is 0.302. The number of hydrogen-bond acceptors (Lipinski definition) is 3. The van der Waals surface area contributed by atoms with E-state index in [1.165, 1.54) is 4.90 Å². The first-order chi connectivity index (χ1) is 7.43. The van der Waals surface area contributed by atoms with Gasteiger partial charge >= 0.3 is 0 Å². The van der Waals surface area contributed by atoms with Gasteiger partial charge in [-0.1, -0.05) is 28.9 Å². The first-order valence-corrected chi connectivity index (χ1v) is 6.95. The summed E-state index contributed by atoms with van der Waals surface area (Å²) in [5.41, 5.74) is 4.74. The summed E-state index contributed by atoms with van der Waals surface area (Å²) in [6.45, 7) is 4.19. The van der Waals surface area contributed by atoms with E-state index in [0.717, 1.165) is 4.47 Å². The Morgan fingerprint density at radius 3 is 2.81 bits per heavy atom. The molecule has 0 saturated carbocycles. The standard InChI is InChI=1S/C12H18BrNOS/c1-9(7-12(2,15)8-14)16-11-5-3-4-10(13)6-11/h3-6,9,15H,7-8,14H2,1-2H3. The summed E-state index contributed by atoms with van der Waals surface area (Å²) in [7, 11) is 0. The number of halogens is 1. The third-order valence-corrected chi connectivity index (χ3v) is 3.89. The second kappa shape index (κ2) is 6.05. The fourth-order valence-corrected chi connectivity index (χ4v) is 3.33. The molecule has 2 unspecified atom stereocenters.